The van der Waals surface area contributed by atoms with E-state index in [2.05, 4.69) is 10.1 Å². The molecule has 0 saturated heterocycles. The summed E-state index contributed by atoms with van der Waals surface area (Å²) in [4.78, 5) is 17.1. The number of rotatable bonds is 5. The molecule has 2 aromatic rings. The Bertz CT molecular complexity index is 712. The molecule has 1 N–H and O–H groups in total. The van der Waals surface area contributed by atoms with Crippen molar-refractivity contribution >= 4 is 5.91 Å². The molecule has 1 amide bonds. The second-order valence-electron chi connectivity index (χ2n) is 6.06. The predicted octanol–water partition coefficient (Wildman–Crippen LogP) is 2.49. The van der Waals surface area contributed by atoms with Crippen LogP contribution in [0.5, 0.6) is 0 Å². The fraction of sp³-hybridized carbons (Fsp3) is 0.438. The number of benzene rings is 1. The highest BCUT2D eigenvalue weighted by atomic mass is 19.4. The number of carbonyl (C=O) groups excluding carboxylic acids is 1. The first-order valence-corrected chi connectivity index (χ1v) is 7.52. The Morgan fingerprint density at radius 1 is 1.32 bits per heavy atom. The van der Waals surface area contributed by atoms with Crippen molar-refractivity contribution in [1.29, 1.82) is 0 Å². The van der Waals surface area contributed by atoms with Gasteiger partial charge in [0.15, 0.2) is 5.60 Å². The van der Waals surface area contributed by atoms with Crippen molar-refractivity contribution in [2.24, 2.45) is 0 Å². The molecule has 2 rings (SSSR count). The van der Waals surface area contributed by atoms with Crippen molar-refractivity contribution in [2.45, 2.75) is 38.1 Å². The Morgan fingerprint density at radius 2 is 1.92 bits per heavy atom. The minimum Gasteiger partial charge on any atom is -0.380 e. The second-order valence-corrected chi connectivity index (χ2v) is 6.06. The molecule has 0 radical (unpaired) electrons. The Morgan fingerprint density at radius 3 is 2.40 bits per heavy atom. The lowest BCUT2D eigenvalue weighted by atomic mass is 9.99. The molecule has 0 aliphatic carbocycles. The van der Waals surface area contributed by atoms with E-state index in [0.29, 0.717) is 6.92 Å². The van der Waals surface area contributed by atoms with Crippen LogP contribution in [0.15, 0.2) is 36.9 Å². The normalized spacial score (nSPS) is 15.5. The third kappa shape index (κ3) is 4.16. The molecule has 0 unspecified atom stereocenters. The summed E-state index contributed by atoms with van der Waals surface area (Å²) in [5, 5.41) is 13.5. The zero-order valence-electron chi connectivity index (χ0n) is 14.0. The van der Waals surface area contributed by atoms with Gasteiger partial charge in [0, 0.05) is 7.05 Å². The summed E-state index contributed by atoms with van der Waals surface area (Å²) in [5.41, 5.74) is -1.55. The third-order valence-corrected chi connectivity index (χ3v) is 4.14. The lowest BCUT2D eigenvalue weighted by molar-refractivity contribution is -0.254. The SMILES string of the molecule is C[C@@H](c1ccc(-n2cncn2)cc1)N(C)C(=O)C[C@@](C)(O)C(F)(F)F. The molecule has 9 heteroatoms. The van der Waals surface area contributed by atoms with E-state index in [0.717, 1.165) is 11.3 Å². The fourth-order valence-corrected chi connectivity index (χ4v) is 2.21. The summed E-state index contributed by atoms with van der Waals surface area (Å²) in [5.74, 6) is -0.796. The average Bonchev–Trinajstić information content (AvgIpc) is 3.06. The Kier molecular flexibility index (Phi) is 5.17. The van der Waals surface area contributed by atoms with Crippen LogP contribution in [0.25, 0.3) is 5.69 Å². The van der Waals surface area contributed by atoms with Crippen molar-refractivity contribution in [3.8, 4) is 5.69 Å². The summed E-state index contributed by atoms with van der Waals surface area (Å²) in [6.07, 6.45) is -2.97. The molecule has 6 nitrogen and oxygen atoms in total. The van der Waals surface area contributed by atoms with Crippen molar-refractivity contribution in [3.63, 3.8) is 0 Å². The molecule has 1 aromatic carbocycles. The number of alkyl halides is 3. The minimum atomic E-state index is -4.87. The molecular formula is C16H19F3N4O2. The summed E-state index contributed by atoms with van der Waals surface area (Å²) in [6, 6.07) is 6.59. The number of carbonyl (C=O) groups is 1. The molecule has 136 valence electrons. The molecule has 0 bridgehead atoms. The molecule has 0 fully saturated rings. The number of halogens is 3. The van der Waals surface area contributed by atoms with Crippen LogP contribution in [0, 0.1) is 0 Å². The molecule has 2 atom stereocenters. The molecule has 0 aliphatic rings. The number of nitrogens with zero attached hydrogens (tertiary/aromatic N) is 4. The van der Waals surface area contributed by atoms with Crippen LogP contribution in [-0.4, -0.2) is 49.5 Å². The molecule has 1 aromatic heterocycles. The number of aliphatic hydroxyl groups is 1. The summed E-state index contributed by atoms with van der Waals surface area (Å²) in [7, 11) is 1.41. The maximum absolute atomic E-state index is 12.7. The topological polar surface area (TPSA) is 71.2 Å². The monoisotopic (exact) mass is 356 g/mol. The largest absolute Gasteiger partial charge is 0.417 e. The van der Waals surface area contributed by atoms with Gasteiger partial charge in [-0.15, -0.1) is 0 Å². The standard InChI is InChI=1S/C16H19F3N4O2/c1-11(22(3)14(24)8-15(2,25)16(17,18)19)12-4-6-13(7-5-12)23-10-20-9-21-23/h4-7,9-11,25H,8H2,1-3H3/t11-,15+/m0/s1. The van der Waals surface area contributed by atoms with Gasteiger partial charge in [0.05, 0.1) is 18.2 Å². The predicted molar refractivity (Wildman–Crippen MR) is 83.8 cm³/mol. The van der Waals surface area contributed by atoms with E-state index in [1.165, 1.54) is 24.6 Å². The zero-order valence-corrected chi connectivity index (χ0v) is 14.0. The smallest absolute Gasteiger partial charge is 0.380 e. The fourth-order valence-electron chi connectivity index (χ4n) is 2.21. The van der Waals surface area contributed by atoms with Crippen LogP contribution < -0.4 is 0 Å². The maximum atomic E-state index is 12.7. The van der Waals surface area contributed by atoms with Crippen LogP contribution in [0.4, 0.5) is 13.2 Å². The van der Waals surface area contributed by atoms with Crippen molar-refractivity contribution in [2.75, 3.05) is 7.05 Å². The Balaban J connectivity index is 2.09. The molecule has 25 heavy (non-hydrogen) atoms. The molecule has 0 spiro atoms. The van der Waals surface area contributed by atoms with E-state index in [4.69, 9.17) is 0 Å². The van der Waals surface area contributed by atoms with Crippen molar-refractivity contribution < 1.29 is 23.1 Å². The molecular weight excluding hydrogens is 337 g/mol. The van der Waals surface area contributed by atoms with Gasteiger partial charge in [0.1, 0.15) is 12.7 Å². The van der Waals surface area contributed by atoms with Gasteiger partial charge < -0.3 is 10.0 Å². The van der Waals surface area contributed by atoms with Gasteiger partial charge in [0.25, 0.3) is 0 Å². The first-order chi connectivity index (χ1) is 11.5. The van der Waals surface area contributed by atoms with Crippen LogP contribution >= 0.6 is 0 Å². The van der Waals surface area contributed by atoms with E-state index in [9.17, 15) is 23.1 Å². The zero-order chi connectivity index (χ0) is 18.8. The Hall–Kier alpha value is -2.42. The lowest BCUT2D eigenvalue weighted by Gasteiger charge is -2.31. The molecule has 0 aliphatic heterocycles. The second kappa shape index (κ2) is 6.83. The number of hydrogen-bond donors (Lipinski definition) is 1. The average molecular weight is 356 g/mol. The van der Waals surface area contributed by atoms with Gasteiger partial charge in [-0.2, -0.15) is 18.3 Å². The van der Waals surface area contributed by atoms with E-state index in [1.807, 2.05) is 0 Å². The third-order valence-electron chi connectivity index (χ3n) is 4.14. The van der Waals surface area contributed by atoms with Gasteiger partial charge in [-0.1, -0.05) is 12.1 Å². The first kappa shape index (κ1) is 18.9. The molecule has 1 heterocycles. The van der Waals surface area contributed by atoms with Gasteiger partial charge in [0.2, 0.25) is 5.91 Å². The number of aromatic nitrogens is 3. The van der Waals surface area contributed by atoms with Crippen molar-refractivity contribution in [1.82, 2.24) is 19.7 Å². The Labute approximate surface area is 142 Å². The van der Waals surface area contributed by atoms with Crippen molar-refractivity contribution in [3.05, 3.63) is 42.5 Å². The van der Waals surface area contributed by atoms with Crippen LogP contribution in [0.2, 0.25) is 0 Å². The first-order valence-electron chi connectivity index (χ1n) is 7.52. The summed E-state index contributed by atoms with van der Waals surface area (Å²) < 4.78 is 39.7. The van der Waals surface area contributed by atoms with E-state index >= 15 is 0 Å². The van der Waals surface area contributed by atoms with Crippen LogP contribution in [0.3, 0.4) is 0 Å². The van der Waals surface area contributed by atoms with E-state index in [1.54, 1.807) is 35.9 Å². The highest BCUT2D eigenvalue weighted by Crippen LogP contribution is 2.33. The summed E-state index contributed by atoms with van der Waals surface area (Å²) >= 11 is 0. The lowest BCUT2D eigenvalue weighted by Crippen LogP contribution is -2.46. The number of amides is 1. The minimum absolute atomic E-state index is 0.457. The number of hydrogen-bond acceptors (Lipinski definition) is 4. The highest BCUT2D eigenvalue weighted by molar-refractivity contribution is 5.77. The van der Waals surface area contributed by atoms with Gasteiger partial charge in [-0.3, -0.25) is 4.79 Å². The van der Waals surface area contributed by atoms with Gasteiger partial charge in [-0.05, 0) is 31.5 Å². The van der Waals surface area contributed by atoms with Crippen LogP contribution in [-0.2, 0) is 4.79 Å². The van der Waals surface area contributed by atoms with Gasteiger partial charge >= 0.3 is 6.18 Å². The summed E-state index contributed by atoms with van der Waals surface area (Å²) in [6.45, 7) is 2.29. The highest BCUT2D eigenvalue weighted by Gasteiger charge is 2.51. The maximum Gasteiger partial charge on any atom is 0.417 e. The van der Waals surface area contributed by atoms with Gasteiger partial charge in [-0.25, -0.2) is 9.67 Å². The van der Waals surface area contributed by atoms with E-state index in [-0.39, 0.29) is 0 Å². The van der Waals surface area contributed by atoms with Crippen LogP contribution in [0.1, 0.15) is 31.9 Å². The quantitative estimate of drug-likeness (QED) is 0.894. The van der Waals surface area contributed by atoms with E-state index < -0.39 is 30.1 Å². The molecule has 0 saturated carbocycles.